The maximum Gasteiger partial charge on any atom is 0.371 e. The molecule has 1 aromatic carbocycles. The number of hydrogen-bond donors (Lipinski definition) is 1. The summed E-state index contributed by atoms with van der Waals surface area (Å²) in [5.74, 6) is 0. The van der Waals surface area contributed by atoms with Gasteiger partial charge in [-0.05, 0) is 12.1 Å². The minimum Gasteiger partial charge on any atom is -0.473 e. The Bertz CT molecular complexity index is 490. The summed E-state index contributed by atoms with van der Waals surface area (Å²) in [6.45, 7) is 0. The van der Waals surface area contributed by atoms with Crippen molar-refractivity contribution in [3.8, 4) is 0 Å². The first-order chi connectivity index (χ1) is 6.68. The Morgan fingerprint density at radius 1 is 1.43 bits per heavy atom. The van der Waals surface area contributed by atoms with Crippen molar-refractivity contribution in [1.82, 2.24) is 4.57 Å². The summed E-state index contributed by atoms with van der Waals surface area (Å²) in [4.78, 5) is 10.5. The van der Waals surface area contributed by atoms with Crippen LogP contribution in [0.5, 0.6) is 0 Å². The molecular weight excluding hydrogens is 198 g/mol. The third-order valence-corrected chi connectivity index (χ3v) is 2.88. The number of hydrogen-bond acceptors (Lipinski definition) is 2. The van der Waals surface area contributed by atoms with Gasteiger partial charge in [-0.25, -0.2) is 4.79 Å². The monoisotopic (exact) mass is 207 g/mol. The lowest BCUT2D eigenvalue weighted by Crippen LogP contribution is -1.92. The highest BCUT2D eigenvalue weighted by atomic mass is 32.2. The van der Waals surface area contributed by atoms with Crippen molar-refractivity contribution >= 4 is 28.0 Å². The van der Waals surface area contributed by atoms with Crippen LogP contribution in [-0.4, -0.2) is 15.0 Å². The molecule has 4 heteroatoms. The molecule has 2 aromatic rings. The van der Waals surface area contributed by atoms with Crippen LogP contribution < -0.4 is 0 Å². The number of carbonyl (C=O) groups is 1. The third-order valence-electron chi connectivity index (χ3n) is 2.10. The van der Waals surface area contributed by atoms with Crippen LogP contribution in [0.1, 0.15) is 0 Å². The molecule has 3 nitrogen and oxygen atoms in total. The third kappa shape index (κ3) is 1.48. The smallest absolute Gasteiger partial charge is 0.371 e. The van der Waals surface area contributed by atoms with Gasteiger partial charge < -0.3 is 9.67 Å². The van der Waals surface area contributed by atoms with Crippen LogP contribution in [0.4, 0.5) is 4.79 Å². The van der Waals surface area contributed by atoms with Crippen molar-refractivity contribution in [2.45, 2.75) is 5.03 Å². The molecule has 0 amide bonds. The summed E-state index contributed by atoms with van der Waals surface area (Å²) in [5.41, 5.74) is 1.05. The Hall–Kier alpha value is -1.42. The number of aryl methyl sites for hydroxylation is 1. The van der Waals surface area contributed by atoms with Gasteiger partial charge in [0.1, 0.15) is 0 Å². The molecule has 0 atom stereocenters. The molecule has 0 aliphatic carbocycles. The second-order valence-corrected chi connectivity index (χ2v) is 3.94. The normalized spacial score (nSPS) is 10.6. The van der Waals surface area contributed by atoms with Gasteiger partial charge in [0.25, 0.3) is 0 Å². The van der Waals surface area contributed by atoms with Crippen molar-refractivity contribution in [2.75, 3.05) is 0 Å². The van der Waals surface area contributed by atoms with Crippen LogP contribution >= 0.6 is 11.8 Å². The summed E-state index contributed by atoms with van der Waals surface area (Å²) < 4.78 is 1.88. The van der Waals surface area contributed by atoms with Crippen molar-refractivity contribution in [1.29, 1.82) is 0 Å². The van der Waals surface area contributed by atoms with E-state index in [-0.39, 0.29) is 0 Å². The minimum atomic E-state index is -0.879. The largest absolute Gasteiger partial charge is 0.473 e. The van der Waals surface area contributed by atoms with E-state index in [9.17, 15) is 4.79 Å². The van der Waals surface area contributed by atoms with E-state index >= 15 is 0 Å². The topological polar surface area (TPSA) is 42.2 Å². The van der Waals surface area contributed by atoms with Gasteiger partial charge in [0, 0.05) is 29.7 Å². The van der Waals surface area contributed by atoms with Crippen molar-refractivity contribution in [3.05, 3.63) is 30.3 Å². The van der Waals surface area contributed by atoms with Crippen LogP contribution in [0.15, 0.2) is 35.4 Å². The van der Waals surface area contributed by atoms with E-state index in [0.717, 1.165) is 27.7 Å². The molecule has 0 bridgehead atoms. The van der Waals surface area contributed by atoms with Crippen molar-refractivity contribution < 1.29 is 9.90 Å². The average Bonchev–Trinajstić information content (AvgIpc) is 2.44. The quantitative estimate of drug-likeness (QED) is 0.731. The van der Waals surface area contributed by atoms with Gasteiger partial charge in [0.2, 0.25) is 0 Å². The number of rotatable bonds is 1. The fourth-order valence-electron chi connectivity index (χ4n) is 1.45. The zero-order valence-corrected chi connectivity index (χ0v) is 8.41. The fraction of sp³-hybridized carbons (Fsp3) is 0.100. The molecule has 0 fully saturated rings. The highest BCUT2D eigenvalue weighted by molar-refractivity contribution is 8.13. The molecule has 0 spiro atoms. The number of para-hydroxylation sites is 1. The van der Waals surface area contributed by atoms with Gasteiger partial charge in [-0.15, -0.1) is 0 Å². The van der Waals surface area contributed by atoms with Crippen molar-refractivity contribution in [3.63, 3.8) is 0 Å². The predicted molar refractivity (Wildman–Crippen MR) is 56.8 cm³/mol. The second-order valence-electron chi connectivity index (χ2n) is 2.97. The first-order valence-electron chi connectivity index (χ1n) is 4.14. The molecule has 14 heavy (non-hydrogen) atoms. The SMILES string of the molecule is Cn1c(SC(=O)O)cc2ccccc21. The van der Waals surface area contributed by atoms with Crippen LogP contribution in [0.2, 0.25) is 0 Å². The molecule has 0 saturated heterocycles. The van der Waals surface area contributed by atoms with Gasteiger partial charge in [0.15, 0.2) is 0 Å². The Kier molecular flexibility index (Phi) is 2.21. The number of aromatic nitrogens is 1. The fourth-order valence-corrected chi connectivity index (χ4v) is 2.05. The number of fused-ring (bicyclic) bond motifs is 1. The van der Waals surface area contributed by atoms with Gasteiger partial charge in [-0.2, -0.15) is 0 Å². The lowest BCUT2D eigenvalue weighted by atomic mass is 10.2. The highest BCUT2D eigenvalue weighted by Crippen LogP contribution is 2.26. The van der Waals surface area contributed by atoms with Gasteiger partial charge >= 0.3 is 5.30 Å². The van der Waals surface area contributed by atoms with E-state index in [2.05, 4.69) is 0 Å². The Balaban J connectivity index is 2.57. The predicted octanol–water partition coefficient (Wildman–Crippen LogP) is 2.95. The van der Waals surface area contributed by atoms with Crippen molar-refractivity contribution in [2.24, 2.45) is 7.05 Å². The maximum absolute atomic E-state index is 10.5. The summed E-state index contributed by atoms with van der Waals surface area (Å²) in [6.07, 6.45) is 0. The zero-order chi connectivity index (χ0) is 10.1. The molecule has 0 aliphatic rings. The Morgan fingerprint density at radius 3 is 2.79 bits per heavy atom. The first-order valence-corrected chi connectivity index (χ1v) is 4.95. The minimum absolute atomic E-state index is 0.749. The first kappa shape index (κ1) is 9.15. The molecule has 1 aromatic heterocycles. The average molecular weight is 207 g/mol. The Labute approximate surface area is 85.3 Å². The van der Waals surface area contributed by atoms with Crippen LogP contribution in [0.25, 0.3) is 10.9 Å². The molecule has 1 N–H and O–H groups in total. The van der Waals surface area contributed by atoms with E-state index in [1.165, 1.54) is 0 Å². The zero-order valence-electron chi connectivity index (χ0n) is 7.60. The Morgan fingerprint density at radius 2 is 2.14 bits per heavy atom. The van der Waals surface area contributed by atoms with Crippen LogP contribution in [-0.2, 0) is 7.05 Å². The standard InChI is InChI=1S/C10H9NO2S/c1-11-8-5-3-2-4-7(8)6-9(11)14-10(12)13/h2-6H,1H3,(H,12,13). The van der Waals surface area contributed by atoms with Gasteiger partial charge in [0.05, 0.1) is 5.03 Å². The molecule has 1 heterocycles. The molecule has 0 unspecified atom stereocenters. The molecule has 0 aliphatic heterocycles. The van der Waals surface area contributed by atoms with Crippen LogP contribution in [0.3, 0.4) is 0 Å². The van der Waals surface area contributed by atoms with E-state index < -0.39 is 5.30 Å². The highest BCUT2D eigenvalue weighted by Gasteiger charge is 2.08. The number of benzene rings is 1. The number of nitrogens with zero attached hydrogens (tertiary/aromatic N) is 1. The van der Waals surface area contributed by atoms with E-state index in [4.69, 9.17) is 5.11 Å². The van der Waals surface area contributed by atoms with E-state index in [1.54, 1.807) is 0 Å². The molecule has 0 radical (unpaired) electrons. The van der Waals surface area contributed by atoms with Crippen LogP contribution in [0, 0.1) is 0 Å². The molecule has 0 saturated carbocycles. The van der Waals surface area contributed by atoms with E-state index in [0.29, 0.717) is 0 Å². The lowest BCUT2D eigenvalue weighted by Gasteiger charge is -1.99. The van der Waals surface area contributed by atoms with E-state index in [1.807, 2.05) is 41.9 Å². The number of thioether (sulfide) groups is 1. The van der Waals surface area contributed by atoms with Gasteiger partial charge in [-0.1, -0.05) is 18.2 Å². The number of carboxylic acid groups (broad SMARTS) is 1. The summed E-state index contributed by atoms with van der Waals surface area (Å²) in [6, 6.07) is 9.71. The summed E-state index contributed by atoms with van der Waals surface area (Å²) in [5, 5.41) is 9.60. The molecular formula is C10H9NO2S. The lowest BCUT2D eigenvalue weighted by molar-refractivity contribution is 0.222. The molecule has 72 valence electrons. The summed E-state index contributed by atoms with van der Waals surface area (Å²) >= 11 is 0.830. The maximum atomic E-state index is 10.5. The second kappa shape index (κ2) is 3.38. The van der Waals surface area contributed by atoms with Gasteiger partial charge in [-0.3, -0.25) is 0 Å². The summed E-state index contributed by atoms with van der Waals surface area (Å²) in [7, 11) is 1.87. The molecule has 2 rings (SSSR count).